The second-order valence-electron chi connectivity index (χ2n) is 4.95. The molecule has 1 heterocycles. The van der Waals surface area contributed by atoms with Gasteiger partial charge in [0, 0.05) is 16.5 Å². The van der Waals surface area contributed by atoms with Crippen molar-refractivity contribution in [3.8, 4) is 0 Å². The highest BCUT2D eigenvalue weighted by Gasteiger charge is 2.10. The summed E-state index contributed by atoms with van der Waals surface area (Å²) in [5, 5.41) is 12.4. The van der Waals surface area contributed by atoms with Gasteiger partial charge in [-0.2, -0.15) is 0 Å². The summed E-state index contributed by atoms with van der Waals surface area (Å²) in [6.07, 6.45) is 1.73. The number of halogens is 1. The molecule has 2 aromatic carbocycles. The molecular formula is C17H14BrN3OS. The number of aromatic nitrogens is 2. The van der Waals surface area contributed by atoms with Gasteiger partial charge in [-0.1, -0.05) is 63.7 Å². The number of hydrogen-bond donors (Lipinski definition) is 1. The summed E-state index contributed by atoms with van der Waals surface area (Å²) in [7, 11) is 0. The zero-order chi connectivity index (χ0) is 16.1. The average molecular weight is 388 g/mol. The lowest BCUT2D eigenvalue weighted by molar-refractivity contribution is 0.102. The highest BCUT2D eigenvalue weighted by molar-refractivity contribution is 9.10. The van der Waals surface area contributed by atoms with E-state index in [0.29, 0.717) is 10.7 Å². The summed E-state index contributed by atoms with van der Waals surface area (Å²) in [5.74, 6) is -0.183. The third-order valence-electron chi connectivity index (χ3n) is 3.24. The number of nitrogens with zero attached hydrogens (tertiary/aromatic N) is 2. The van der Waals surface area contributed by atoms with Crippen molar-refractivity contribution < 1.29 is 4.79 Å². The normalized spacial score (nSPS) is 10.5. The Hall–Kier alpha value is -2.05. The molecule has 0 bridgehead atoms. The summed E-state index contributed by atoms with van der Waals surface area (Å²) >= 11 is 4.77. The topological polar surface area (TPSA) is 54.9 Å². The molecule has 0 saturated carbocycles. The molecule has 0 unspecified atom stereocenters. The lowest BCUT2D eigenvalue weighted by Crippen LogP contribution is -2.11. The van der Waals surface area contributed by atoms with Gasteiger partial charge in [0.1, 0.15) is 5.01 Å². The fraction of sp³-hybridized carbons (Fsp3) is 0.118. The highest BCUT2D eigenvalue weighted by Crippen LogP contribution is 2.19. The monoisotopic (exact) mass is 387 g/mol. The van der Waals surface area contributed by atoms with Crippen molar-refractivity contribution in [3.63, 3.8) is 0 Å². The Bertz CT molecular complexity index is 804. The molecule has 0 spiro atoms. The van der Waals surface area contributed by atoms with Gasteiger partial charge in [-0.3, -0.25) is 10.1 Å². The minimum atomic E-state index is -0.183. The molecule has 0 fully saturated rings. The van der Waals surface area contributed by atoms with Crippen molar-refractivity contribution >= 4 is 38.3 Å². The van der Waals surface area contributed by atoms with E-state index in [2.05, 4.69) is 43.6 Å². The van der Waals surface area contributed by atoms with Gasteiger partial charge in [-0.15, -0.1) is 10.2 Å². The molecule has 3 aromatic rings. The Morgan fingerprint density at radius 3 is 2.65 bits per heavy atom. The molecule has 0 aliphatic rings. The van der Waals surface area contributed by atoms with E-state index in [0.717, 1.165) is 22.3 Å². The van der Waals surface area contributed by atoms with Crippen LogP contribution >= 0.6 is 27.3 Å². The Kier molecular flexibility index (Phi) is 5.15. The van der Waals surface area contributed by atoms with E-state index in [-0.39, 0.29) is 5.91 Å². The number of hydrogen-bond acceptors (Lipinski definition) is 4. The summed E-state index contributed by atoms with van der Waals surface area (Å²) in [5.41, 5.74) is 1.85. The molecule has 1 aromatic heterocycles. The predicted molar refractivity (Wildman–Crippen MR) is 95.9 cm³/mol. The van der Waals surface area contributed by atoms with Crippen molar-refractivity contribution in [2.24, 2.45) is 0 Å². The maximum atomic E-state index is 12.2. The van der Waals surface area contributed by atoms with Gasteiger partial charge in [0.2, 0.25) is 5.13 Å². The zero-order valence-electron chi connectivity index (χ0n) is 12.2. The van der Waals surface area contributed by atoms with Gasteiger partial charge in [-0.05, 0) is 30.2 Å². The predicted octanol–water partition coefficient (Wildman–Crippen LogP) is 4.34. The summed E-state index contributed by atoms with van der Waals surface area (Å²) < 4.78 is 0.867. The Labute approximate surface area is 146 Å². The van der Waals surface area contributed by atoms with Crippen molar-refractivity contribution in [3.05, 3.63) is 75.2 Å². The Balaban J connectivity index is 1.60. The van der Waals surface area contributed by atoms with Crippen LogP contribution in [-0.4, -0.2) is 16.1 Å². The zero-order valence-corrected chi connectivity index (χ0v) is 14.6. The molecule has 0 radical (unpaired) electrons. The van der Waals surface area contributed by atoms with Crippen LogP contribution in [0.1, 0.15) is 20.9 Å². The number of nitrogens with one attached hydrogen (secondary N) is 1. The molecule has 116 valence electrons. The summed E-state index contributed by atoms with van der Waals surface area (Å²) in [6, 6.07) is 17.5. The van der Waals surface area contributed by atoms with E-state index in [1.165, 1.54) is 16.9 Å². The molecule has 6 heteroatoms. The van der Waals surface area contributed by atoms with E-state index in [4.69, 9.17) is 0 Å². The van der Waals surface area contributed by atoms with Crippen LogP contribution in [0.15, 0.2) is 59.1 Å². The van der Waals surface area contributed by atoms with E-state index in [1.54, 1.807) is 12.1 Å². The molecule has 1 amide bonds. The largest absolute Gasteiger partial charge is 0.296 e. The first kappa shape index (κ1) is 15.8. The molecule has 3 rings (SSSR count). The van der Waals surface area contributed by atoms with E-state index < -0.39 is 0 Å². The number of aryl methyl sites for hydroxylation is 2. The minimum absolute atomic E-state index is 0.183. The summed E-state index contributed by atoms with van der Waals surface area (Å²) in [4.78, 5) is 12.2. The molecular weight excluding hydrogens is 374 g/mol. The van der Waals surface area contributed by atoms with Crippen molar-refractivity contribution in [2.45, 2.75) is 12.8 Å². The lowest BCUT2D eigenvalue weighted by Gasteiger charge is -2.01. The van der Waals surface area contributed by atoms with Gasteiger partial charge in [0.15, 0.2) is 0 Å². The minimum Gasteiger partial charge on any atom is -0.296 e. The second-order valence-corrected chi connectivity index (χ2v) is 6.93. The van der Waals surface area contributed by atoms with Gasteiger partial charge in [-0.25, -0.2) is 0 Å². The smallest absolute Gasteiger partial charge is 0.257 e. The molecule has 23 heavy (non-hydrogen) atoms. The highest BCUT2D eigenvalue weighted by atomic mass is 79.9. The van der Waals surface area contributed by atoms with Crippen molar-refractivity contribution in [1.82, 2.24) is 10.2 Å². The van der Waals surface area contributed by atoms with E-state index >= 15 is 0 Å². The van der Waals surface area contributed by atoms with Crippen LogP contribution < -0.4 is 5.32 Å². The second kappa shape index (κ2) is 7.48. The molecule has 0 aliphatic carbocycles. The quantitative estimate of drug-likeness (QED) is 0.708. The molecule has 4 nitrogen and oxygen atoms in total. The molecule has 0 aliphatic heterocycles. The van der Waals surface area contributed by atoms with Crippen LogP contribution in [0.4, 0.5) is 5.13 Å². The third kappa shape index (κ3) is 4.46. The number of carbonyl (C=O) groups excluding carboxylic acids is 1. The number of carbonyl (C=O) groups is 1. The first-order chi connectivity index (χ1) is 11.2. The number of rotatable bonds is 5. The summed E-state index contributed by atoms with van der Waals surface area (Å²) in [6.45, 7) is 0. The van der Waals surface area contributed by atoms with Gasteiger partial charge >= 0.3 is 0 Å². The standard InChI is InChI=1S/C17H14BrN3OS/c18-14-8-4-7-13(11-14)16(22)19-17-21-20-15(23-17)10-9-12-5-2-1-3-6-12/h1-8,11H,9-10H2,(H,19,21,22). The number of benzene rings is 2. The first-order valence-electron chi connectivity index (χ1n) is 7.14. The molecule has 0 atom stereocenters. The third-order valence-corrected chi connectivity index (χ3v) is 4.64. The van der Waals surface area contributed by atoms with Crippen LogP contribution in [-0.2, 0) is 12.8 Å². The van der Waals surface area contributed by atoms with E-state index in [1.807, 2.05) is 30.3 Å². The number of anilines is 1. The maximum absolute atomic E-state index is 12.2. The Morgan fingerprint density at radius 1 is 1.04 bits per heavy atom. The fourth-order valence-corrected chi connectivity index (χ4v) is 3.23. The van der Waals surface area contributed by atoms with Crippen LogP contribution in [0, 0.1) is 0 Å². The van der Waals surface area contributed by atoms with Crippen LogP contribution in [0.5, 0.6) is 0 Å². The van der Waals surface area contributed by atoms with Crippen molar-refractivity contribution in [1.29, 1.82) is 0 Å². The van der Waals surface area contributed by atoms with Crippen LogP contribution in [0.3, 0.4) is 0 Å². The van der Waals surface area contributed by atoms with Gasteiger partial charge in [0.05, 0.1) is 0 Å². The maximum Gasteiger partial charge on any atom is 0.257 e. The molecule has 0 saturated heterocycles. The SMILES string of the molecule is O=C(Nc1nnc(CCc2ccccc2)s1)c1cccc(Br)c1. The molecule has 1 N–H and O–H groups in total. The van der Waals surface area contributed by atoms with Gasteiger partial charge < -0.3 is 0 Å². The van der Waals surface area contributed by atoms with Crippen molar-refractivity contribution in [2.75, 3.05) is 5.32 Å². The van der Waals surface area contributed by atoms with Crippen LogP contribution in [0.25, 0.3) is 0 Å². The number of amides is 1. The fourth-order valence-electron chi connectivity index (χ4n) is 2.10. The lowest BCUT2D eigenvalue weighted by atomic mass is 10.1. The first-order valence-corrected chi connectivity index (χ1v) is 8.75. The van der Waals surface area contributed by atoms with Crippen LogP contribution in [0.2, 0.25) is 0 Å². The Morgan fingerprint density at radius 2 is 1.87 bits per heavy atom. The van der Waals surface area contributed by atoms with E-state index in [9.17, 15) is 4.79 Å². The average Bonchev–Trinajstić information content (AvgIpc) is 3.01. The van der Waals surface area contributed by atoms with Gasteiger partial charge in [0.25, 0.3) is 5.91 Å².